The van der Waals surface area contributed by atoms with E-state index in [9.17, 15) is 35.1 Å². The van der Waals surface area contributed by atoms with Crippen molar-refractivity contribution >= 4 is 17.7 Å². The number of aliphatic hydroxyl groups is 5. The van der Waals surface area contributed by atoms with E-state index < -0.39 is 51.7 Å². The third-order valence-corrected chi connectivity index (χ3v) is 19.5. The smallest absolute Gasteiger partial charge is 0.306 e. The fourth-order valence-electron chi connectivity index (χ4n) is 16.7. The normalized spacial score (nSPS) is 52.1. The Labute approximate surface area is 356 Å². The minimum Gasteiger partial charge on any atom is -0.465 e. The number of carbonyl (C=O) groups excluding carboxylic acids is 2. The molecule has 0 aromatic heterocycles. The van der Waals surface area contributed by atoms with E-state index in [1.165, 1.54) is 12.0 Å². The fraction of sp³-hybridized carbons (Fsp3) is 0.816. The van der Waals surface area contributed by atoms with Crippen LogP contribution in [0.4, 0.5) is 0 Å². The SMILES string of the molecule is CC1CCC2=CCC3C(C)CC4(O)CCC3(CC(C3COC(=O)C3)C#CCC3CC5(O)C6=CC(=O)C7CC(O)C(O)CC7(C)C6CCC5(CCN=C(N)N)C3C4(C)O)C2C1. The molecule has 1 spiro atoms. The van der Waals surface area contributed by atoms with Crippen molar-refractivity contribution in [3.8, 4) is 11.8 Å². The molecule has 6 fully saturated rings. The summed E-state index contributed by atoms with van der Waals surface area (Å²) in [6, 6.07) is 0. The second-order valence-corrected chi connectivity index (χ2v) is 22.4. The van der Waals surface area contributed by atoms with Crippen LogP contribution in [0.3, 0.4) is 0 Å². The highest BCUT2D eigenvalue weighted by atomic mass is 16.5. The maximum Gasteiger partial charge on any atom is 0.306 e. The lowest BCUT2D eigenvalue weighted by atomic mass is 9.44. The Hall–Kier alpha value is -2.75. The molecule has 1 saturated heterocycles. The van der Waals surface area contributed by atoms with Crippen molar-refractivity contribution in [3.63, 3.8) is 0 Å². The summed E-state index contributed by atoms with van der Waals surface area (Å²) in [7, 11) is 0. The first kappa shape index (κ1) is 42.5. The van der Waals surface area contributed by atoms with E-state index >= 15 is 0 Å². The molecule has 11 heteroatoms. The molecule has 0 aromatic rings. The molecule has 330 valence electrons. The van der Waals surface area contributed by atoms with Gasteiger partial charge >= 0.3 is 5.97 Å². The van der Waals surface area contributed by atoms with Crippen molar-refractivity contribution in [3.05, 3.63) is 23.3 Å². The van der Waals surface area contributed by atoms with Crippen LogP contribution in [0.2, 0.25) is 0 Å². The van der Waals surface area contributed by atoms with Crippen molar-refractivity contribution < 1.29 is 39.9 Å². The number of allylic oxidation sites excluding steroid dienone is 3. The number of nitrogens with zero attached hydrogens (tertiary/aromatic N) is 1. The molecule has 9 aliphatic rings. The van der Waals surface area contributed by atoms with Crippen molar-refractivity contribution in [2.24, 2.45) is 91.9 Å². The number of hydrogen-bond acceptors (Lipinski definition) is 9. The molecule has 9 rings (SSSR count). The summed E-state index contributed by atoms with van der Waals surface area (Å²) in [5, 5.41) is 63.0. The van der Waals surface area contributed by atoms with Crippen molar-refractivity contribution in [2.75, 3.05) is 13.2 Å². The quantitative estimate of drug-likeness (QED) is 0.0683. The third kappa shape index (κ3) is 6.18. The van der Waals surface area contributed by atoms with Crippen LogP contribution in [0.5, 0.6) is 0 Å². The van der Waals surface area contributed by atoms with Crippen LogP contribution in [-0.4, -0.2) is 85.4 Å². The second kappa shape index (κ2) is 14.7. The molecule has 18 atom stereocenters. The first-order chi connectivity index (χ1) is 28.3. The number of hydrogen-bond donors (Lipinski definition) is 7. The largest absolute Gasteiger partial charge is 0.465 e. The zero-order valence-corrected chi connectivity index (χ0v) is 36.4. The highest BCUT2D eigenvalue weighted by Gasteiger charge is 2.75. The third-order valence-electron chi connectivity index (χ3n) is 19.5. The molecule has 5 saturated carbocycles. The molecule has 2 bridgehead atoms. The molecule has 60 heavy (non-hydrogen) atoms. The Morgan fingerprint density at radius 3 is 2.45 bits per heavy atom. The molecule has 11 nitrogen and oxygen atoms in total. The molecule has 18 unspecified atom stereocenters. The lowest BCUT2D eigenvalue weighted by molar-refractivity contribution is -0.227. The molecule has 9 N–H and O–H groups in total. The number of ether oxygens (including phenoxy) is 1. The number of ketones is 1. The highest BCUT2D eigenvalue weighted by molar-refractivity contribution is 5.95. The molecule has 1 aliphatic heterocycles. The van der Waals surface area contributed by atoms with E-state index in [1.54, 1.807) is 6.08 Å². The van der Waals surface area contributed by atoms with Gasteiger partial charge < -0.3 is 41.7 Å². The maximum atomic E-state index is 14.3. The predicted octanol–water partition coefficient (Wildman–Crippen LogP) is 4.71. The monoisotopic (exact) mass is 830 g/mol. The molecule has 0 radical (unpaired) electrons. The average Bonchev–Trinajstić information content (AvgIpc) is 3.69. The average molecular weight is 830 g/mol. The van der Waals surface area contributed by atoms with Gasteiger partial charge in [0.05, 0.1) is 42.0 Å². The van der Waals surface area contributed by atoms with E-state index in [0.717, 1.165) is 32.1 Å². The number of rotatable bonds is 4. The number of carbonyl (C=O) groups is 2. The van der Waals surface area contributed by atoms with Crippen LogP contribution in [0.1, 0.15) is 130 Å². The fourth-order valence-corrected chi connectivity index (χ4v) is 16.7. The van der Waals surface area contributed by atoms with Gasteiger partial charge in [0.1, 0.15) is 0 Å². The number of aliphatic imine (C=N–C) groups is 1. The molecule has 8 aliphatic carbocycles. The summed E-state index contributed by atoms with van der Waals surface area (Å²) in [4.78, 5) is 31.5. The minimum absolute atomic E-state index is 0.0341. The first-order valence-corrected chi connectivity index (χ1v) is 23.5. The van der Waals surface area contributed by atoms with Gasteiger partial charge in [-0.2, -0.15) is 0 Å². The summed E-state index contributed by atoms with van der Waals surface area (Å²) in [6.45, 7) is 9.04. The van der Waals surface area contributed by atoms with Gasteiger partial charge in [-0.05, 0) is 155 Å². The van der Waals surface area contributed by atoms with Crippen molar-refractivity contribution in [1.29, 1.82) is 0 Å². The molecule has 1 heterocycles. The summed E-state index contributed by atoms with van der Waals surface area (Å²) in [6.07, 6.45) is 11.5. The summed E-state index contributed by atoms with van der Waals surface area (Å²) in [5.41, 5.74) is 7.34. The van der Waals surface area contributed by atoms with Gasteiger partial charge in [0, 0.05) is 42.1 Å². The number of esters is 1. The Balaban J connectivity index is 1.21. The van der Waals surface area contributed by atoms with Crippen LogP contribution in [0.15, 0.2) is 28.3 Å². The Morgan fingerprint density at radius 1 is 0.933 bits per heavy atom. The van der Waals surface area contributed by atoms with Gasteiger partial charge in [0.15, 0.2) is 11.7 Å². The zero-order chi connectivity index (χ0) is 42.8. The van der Waals surface area contributed by atoms with Crippen LogP contribution < -0.4 is 11.5 Å². The molecular formula is C49H71N3O8. The van der Waals surface area contributed by atoms with E-state index in [1.807, 2.05) is 13.8 Å². The lowest BCUT2D eigenvalue weighted by Crippen LogP contribution is -2.66. The summed E-state index contributed by atoms with van der Waals surface area (Å²) < 4.78 is 5.63. The van der Waals surface area contributed by atoms with E-state index in [0.29, 0.717) is 69.0 Å². The number of guanidine groups is 1. The maximum absolute atomic E-state index is 14.3. The highest BCUT2D eigenvalue weighted by Crippen LogP contribution is 2.73. The predicted molar refractivity (Wildman–Crippen MR) is 226 cm³/mol. The van der Waals surface area contributed by atoms with E-state index in [-0.39, 0.29) is 84.4 Å². The zero-order valence-electron chi connectivity index (χ0n) is 36.4. The van der Waals surface area contributed by atoms with E-state index in [2.05, 4.69) is 36.8 Å². The Morgan fingerprint density at radius 2 is 1.72 bits per heavy atom. The molecule has 0 aromatic carbocycles. The van der Waals surface area contributed by atoms with E-state index in [4.69, 9.17) is 16.2 Å². The van der Waals surface area contributed by atoms with Crippen LogP contribution >= 0.6 is 0 Å². The van der Waals surface area contributed by atoms with Gasteiger partial charge in [-0.15, -0.1) is 5.92 Å². The lowest BCUT2D eigenvalue weighted by Gasteiger charge is -2.62. The summed E-state index contributed by atoms with van der Waals surface area (Å²) in [5.74, 6) is 6.38. The van der Waals surface area contributed by atoms with Crippen LogP contribution in [0.25, 0.3) is 0 Å². The number of aliphatic hydroxyl groups excluding tert-OH is 2. The number of cyclic esters (lactones) is 1. The summed E-state index contributed by atoms with van der Waals surface area (Å²) >= 11 is 0. The van der Waals surface area contributed by atoms with Crippen molar-refractivity contribution in [1.82, 2.24) is 0 Å². The number of nitrogens with two attached hydrogens (primary N) is 2. The topological polar surface area (TPSA) is 209 Å². The standard InChI is InChI=1S/C49H71N3O8/c1-27-8-9-29-10-11-33-28(2)22-48(58)15-14-46(33,35(29)18-27)23-30(32-19-41(56)60-26-32)6-5-7-31-24-49(59)36-20-38(53)37-21-39(54)40(55)25-44(37,3)34(36)12-13-47(49,16-17-52-43(50)51)42(31)45(48,4)57/h10,20,27-28,30-35,37,39-40,42,54-55,57-59H,7-9,11-19,21-26H2,1-4H3,(H4,50,51,52). The Bertz CT molecular complexity index is 1930. The van der Waals surface area contributed by atoms with Gasteiger partial charge in [0.25, 0.3) is 0 Å². The minimum atomic E-state index is -1.69. The molecular weight excluding hydrogens is 759 g/mol. The van der Waals surface area contributed by atoms with Gasteiger partial charge in [0.2, 0.25) is 0 Å². The van der Waals surface area contributed by atoms with Gasteiger partial charge in [-0.25, -0.2) is 0 Å². The number of fused-ring (bicyclic) bond motifs is 10. The molecule has 0 amide bonds. The van der Waals surface area contributed by atoms with Crippen LogP contribution in [-0.2, 0) is 14.3 Å². The van der Waals surface area contributed by atoms with Gasteiger partial charge in [-0.1, -0.05) is 38.3 Å². The van der Waals surface area contributed by atoms with Crippen molar-refractivity contribution in [2.45, 2.75) is 159 Å². The second-order valence-electron chi connectivity index (χ2n) is 22.4. The van der Waals surface area contributed by atoms with Crippen LogP contribution in [0, 0.1) is 87.3 Å². The Kier molecular flexibility index (Phi) is 10.4. The van der Waals surface area contributed by atoms with Gasteiger partial charge in [-0.3, -0.25) is 14.6 Å². The first-order valence-electron chi connectivity index (χ1n) is 23.5.